The van der Waals surface area contributed by atoms with Crippen molar-refractivity contribution in [1.29, 1.82) is 0 Å². The first kappa shape index (κ1) is 9.10. The molecule has 0 unspecified atom stereocenters. The summed E-state index contributed by atoms with van der Waals surface area (Å²) in [6.45, 7) is 3.51. The van der Waals surface area contributed by atoms with Crippen LogP contribution in [0.3, 0.4) is 0 Å². The summed E-state index contributed by atoms with van der Waals surface area (Å²) in [4.78, 5) is 2.45. The van der Waals surface area contributed by atoms with Gasteiger partial charge in [-0.2, -0.15) is 12.6 Å². The molecule has 0 radical (unpaired) electrons. The second-order valence-corrected chi connectivity index (χ2v) is 4.38. The largest absolute Gasteiger partial charge is 0.301 e. The van der Waals surface area contributed by atoms with Gasteiger partial charge in [0, 0.05) is 24.9 Å². The van der Waals surface area contributed by atoms with Crippen LogP contribution >= 0.6 is 12.6 Å². The zero-order chi connectivity index (χ0) is 9.10. The number of hydrogen-bond donors (Lipinski definition) is 1. The third kappa shape index (κ3) is 2.48. The van der Waals surface area contributed by atoms with Crippen molar-refractivity contribution in [2.45, 2.75) is 11.7 Å². The molecule has 2 rings (SSSR count). The first-order valence-corrected chi connectivity index (χ1v) is 5.30. The van der Waals surface area contributed by atoms with Gasteiger partial charge in [0.1, 0.15) is 0 Å². The van der Waals surface area contributed by atoms with E-state index in [1.807, 2.05) is 0 Å². The maximum Gasteiger partial charge on any atom is 0.0272 e. The number of hydrogen-bond acceptors (Lipinski definition) is 2. The molecule has 1 fully saturated rings. The molecule has 2 heteroatoms. The molecule has 0 aliphatic carbocycles. The van der Waals surface area contributed by atoms with Gasteiger partial charge >= 0.3 is 0 Å². The lowest BCUT2D eigenvalue weighted by Crippen LogP contribution is -2.48. The third-order valence-electron chi connectivity index (χ3n) is 2.50. The van der Waals surface area contributed by atoms with E-state index >= 15 is 0 Å². The normalized spacial score (nSPS) is 18.5. The van der Waals surface area contributed by atoms with Crippen molar-refractivity contribution in [3.63, 3.8) is 0 Å². The Morgan fingerprint density at radius 2 is 1.92 bits per heavy atom. The van der Waals surface area contributed by atoms with Gasteiger partial charge in [-0.1, -0.05) is 30.3 Å². The summed E-state index contributed by atoms with van der Waals surface area (Å²) < 4.78 is 0. The van der Waals surface area contributed by atoms with Gasteiger partial charge in [0.2, 0.25) is 0 Å². The highest BCUT2D eigenvalue weighted by Gasteiger charge is 2.22. The van der Waals surface area contributed by atoms with Gasteiger partial charge in [-0.15, -0.1) is 0 Å². The maximum absolute atomic E-state index is 4.38. The summed E-state index contributed by atoms with van der Waals surface area (Å²) in [5, 5.41) is 0.621. The van der Waals surface area contributed by atoms with E-state index in [1.165, 1.54) is 18.5 Å². The predicted molar refractivity (Wildman–Crippen MR) is 59.4 cm³/mol. The molecule has 0 atom stereocenters. The number of likely N-dealkylation sites (tertiary alicyclic amines) is 1. The Labute approximate surface area is 85.2 Å². The van der Waals surface area contributed by atoms with Gasteiger partial charge in [-0.25, -0.2) is 0 Å². The van der Waals surface area contributed by atoms with E-state index in [2.05, 4.69) is 47.9 Å². The van der Waals surface area contributed by atoms with Crippen LogP contribution in [-0.4, -0.2) is 29.8 Å². The van der Waals surface area contributed by atoms with Gasteiger partial charge in [-0.3, -0.25) is 0 Å². The van der Waals surface area contributed by atoms with Gasteiger partial charge in [0.15, 0.2) is 0 Å². The molecular formula is C11H15NS. The van der Waals surface area contributed by atoms with E-state index in [-0.39, 0.29) is 0 Å². The van der Waals surface area contributed by atoms with Crippen LogP contribution in [0.5, 0.6) is 0 Å². The van der Waals surface area contributed by atoms with E-state index < -0.39 is 0 Å². The van der Waals surface area contributed by atoms with E-state index in [0.29, 0.717) is 5.25 Å². The minimum atomic E-state index is 0.621. The van der Waals surface area contributed by atoms with Gasteiger partial charge in [-0.05, 0) is 12.0 Å². The predicted octanol–water partition coefficient (Wildman–Crippen LogP) is 1.84. The first-order chi connectivity index (χ1) is 6.34. The fourth-order valence-electron chi connectivity index (χ4n) is 1.66. The van der Waals surface area contributed by atoms with Crippen LogP contribution in [-0.2, 0) is 6.42 Å². The van der Waals surface area contributed by atoms with Crippen molar-refractivity contribution >= 4 is 12.6 Å². The molecule has 1 aliphatic heterocycles. The first-order valence-electron chi connectivity index (χ1n) is 4.79. The molecule has 0 N–H and O–H groups in total. The second-order valence-electron chi connectivity index (χ2n) is 3.65. The Balaban J connectivity index is 1.74. The monoisotopic (exact) mass is 193 g/mol. The number of benzene rings is 1. The van der Waals surface area contributed by atoms with Crippen LogP contribution in [0.1, 0.15) is 5.56 Å². The molecule has 0 amide bonds. The molecule has 13 heavy (non-hydrogen) atoms. The summed E-state index contributed by atoms with van der Waals surface area (Å²) in [5.41, 5.74) is 1.44. The zero-order valence-electron chi connectivity index (χ0n) is 7.69. The van der Waals surface area contributed by atoms with Crippen molar-refractivity contribution in [3.8, 4) is 0 Å². The molecule has 0 spiro atoms. The lowest BCUT2D eigenvalue weighted by atomic mass is 10.1. The molecule has 0 saturated carbocycles. The van der Waals surface area contributed by atoms with Crippen LogP contribution < -0.4 is 0 Å². The molecule has 1 nitrogen and oxygen atoms in total. The SMILES string of the molecule is SC1CN(CCc2ccccc2)C1. The molecule has 70 valence electrons. The van der Waals surface area contributed by atoms with Crippen molar-refractivity contribution < 1.29 is 0 Å². The fourth-order valence-corrected chi connectivity index (χ4v) is 2.12. The summed E-state index contributed by atoms with van der Waals surface area (Å²) in [6.07, 6.45) is 1.17. The van der Waals surface area contributed by atoms with Crippen molar-refractivity contribution in [1.82, 2.24) is 4.90 Å². The highest BCUT2D eigenvalue weighted by Crippen LogP contribution is 2.13. The van der Waals surface area contributed by atoms with Gasteiger partial charge in [0.25, 0.3) is 0 Å². The topological polar surface area (TPSA) is 3.24 Å². The van der Waals surface area contributed by atoms with Crippen molar-refractivity contribution in [3.05, 3.63) is 35.9 Å². The average molecular weight is 193 g/mol. The average Bonchev–Trinajstić information content (AvgIpc) is 2.12. The number of rotatable bonds is 3. The van der Waals surface area contributed by atoms with E-state index in [0.717, 1.165) is 13.1 Å². The van der Waals surface area contributed by atoms with Crippen LogP contribution in [0.25, 0.3) is 0 Å². The van der Waals surface area contributed by atoms with Crippen molar-refractivity contribution in [2.75, 3.05) is 19.6 Å². The molecule has 1 aromatic rings. The molecule has 1 aliphatic rings. The Kier molecular flexibility index (Phi) is 2.91. The van der Waals surface area contributed by atoms with E-state index in [4.69, 9.17) is 0 Å². The van der Waals surface area contributed by atoms with Crippen LogP contribution in [0.15, 0.2) is 30.3 Å². The summed E-state index contributed by atoms with van der Waals surface area (Å²) in [6, 6.07) is 10.7. The molecule has 1 saturated heterocycles. The lowest BCUT2D eigenvalue weighted by Gasteiger charge is -2.36. The van der Waals surface area contributed by atoms with Crippen LogP contribution in [0, 0.1) is 0 Å². The molecule has 0 aromatic heterocycles. The molecular weight excluding hydrogens is 178 g/mol. The number of nitrogens with zero attached hydrogens (tertiary/aromatic N) is 1. The Morgan fingerprint density at radius 1 is 1.23 bits per heavy atom. The summed E-state index contributed by atoms with van der Waals surface area (Å²) >= 11 is 4.38. The second kappa shape index (κ2) is 4.16. The van der Waals surface area contributed by atoms with E-state index in [1.54, 1.807) is 0 Å². The standard InChI is InChI=1S/C11H15NS/c13-11-8-12(9-11)7-6-10-4-2-1-3-5-10/h1-5,11,13H,6-9H2. The minimum absolute atomic E-state index is 0.621. The van der Waals surface area contributed by atoms with Crippen LogP contribution in [0.2, 0.25) is 0 Å². The molecule has 1 aromatic carbocycles. The lowest BCUT2D eigenvalue weighted by molar-refractivity contribution is 0.194. The summed E-state index contributed by atoms with van der Waals surface area (Å²) in [7, 11) is 0. The number of thiol groups is 1. The minimum Gasteiger partial charge on any atom is -0.301 e. The van der Waals surface area contributed by atoms with Gasteiger partial charge in [0.05, 0.1) is 0 Å². The van der Waals surface area contributed by atoms with Crippen molar-refractivity contribution in [2.24, 2.45) is 0 Å². The summed E-state index contributed by atoms with van der Waals surface area (Å²) in [5.74, 6) is 0. The Bertz CT molecular complexity index is 254. The van der Waals surface area contributed by atoms with Gasteiger partial charge < -0.3 is 4.90 Å². The Hall–Kier alpha value is -0.470. The Morgan fingerprint density at radius 3 is 2.54 bits per heavy atom. The van der Waals surface area contributed by atoms with E-state index in [9.17, 15) is 0 Å². The highest BCUT2D eigenvalue weighted by atomic mass is 32.1. The zero-order valence-corrected chi connectivity index (χ0v) is 8.58. The molecule has 0 bridgehead atoms. The maximum atomic E-state index is 4.38. The van der Waals surface area contributed by atoms with Crippen LogP contribution in [0.4, 0.5) is 0 Å². The smallest absolute Gasteiger partial charge is 0.0272 e. The fraction of sp³-hybridized carbons (Fsp3) is 0.455. The molecule has 1 heterocycles. The highest BCUT2D eigenvalue weighted by molar-refractivity contribution is 7.81. The quantitative estimate of drug-likeness (QED) is 0.717. The third-order valence-corrected chi connectivity index (χ3v) is 2.82.